The highest BCUT2D eigenvalue weighted by Gasteiger charge is 2.44. The summed E-state index contributed by atoms with van der Waals surface area (Å²) in [6.07, 6.45) is -0.241. The fourth-order valence-corrected chi connectivity index (χ4v) is 4.06. The molecule has 10 heteroatoms. The third-order valence-corrected chi connectivity index (χ3v) is 6.40. The van der Waals surface area contributed by atoms with Crippen molar-refractivity contribution in [3.8, 4) is 5.75 Å². The summed E-state index contributed by atoms with van der Waals surface area (Å²) in [5, 5.41) is 16.0. The molecule has 2 aromatic carbocycles. The molecule has 0 aliphatic rings. The predicted molar refractivity (Wildman–Crippen MR) is 150 cm³/mol. The second-order valence-electron chi connectivity index (χ2n) is 11.0. The van der Waals surface area contributed by atoms with Crippen LogP contribution in [-0.2, 0) is 30.3 Å². The topological polar surface area (TPSA) is 134 Å². The minimum Gasteiger partial charge on any atom is -0.508 e. The molecule has 2 unspecified atom stereocenters. The highest BCUT2D eigenvalue weighted by atomic mass is 16.6. The monoisotopic (exact) mass is 555 g/mol. The molecule has 2 atom stereocenters. The van der Waals surface area contributed by atoms with E-state index in [1.165, 1.54) is 24.1 Å². The van der Waals surface area contributed by atoms with Gasteiger partial charge in [-0.2, -0.15) is 0 Å². The van der Waals surface area contributed by atoms with E-state index in [1.807, 2.05) is 37.3 Å². The number of nitrogens with one attached hydrogen (secondary N) is 2. The fourth-order valence-electron chi connectivity index (χ4n) is 4.06. The first-order valence-electron chi connectivity index (χ1n) is 13.2. The number of benzene rings is 2. The highest BCUT2D eigenvalue weighted by molar-refractivity contribution is 5.94. The standard InChI is InChI=1S/C30H41N3O7/c1-8-30(5,6)33(25(21-16-12-13-17-23(21)34)26(36)31-19-24(35)39-7)27(37)22(18-20-14-10-9-11-15-20)32-28(38)40-29(2,3)4/h9-17,22,25,34H,8,18-19H2,1-7H3,(H,31,36)(H,32,38). The van der Waals surface area contributed by atoms with Crippen molar-refractivity contribution in [2.45, 2.75) is 77.6 Å². The lowest BCUT2D eigenvalue weighted by atomic mass is 9.91. The zero-order chi connectivity index (χ0) is 30.1. The molecule has 0 radical (unpaired) electrons. The number of alkyl carbamates (subject to hydrolysis) is 1. The van der Waals surface area contributed by atoms with Crippen LogP contribution in [0.3, 0.4) is 0 Å². The van der Waals surface area contributed by atoms with E-state index in [0.29, 0.717) is 6.42 Å². The van der Waals surface area contributed by atoms with Crippen molar-refractivity contribution in [2.24, 2.45) is 0 Å². The molecule has 218 valence electrons. The Labute approximate surface area is 236 Å². The lowest BCUT2D eigenvalue weighted by Gasteiger charge is -2.44. The lowest BCUT2D eigenvalue weighted by Crippen LogP contribution is -2.60. The van der Waals surface area contributed by atoms with Gasteiger partial charge in [0, 0.05) is 17.5 Å². The van der Waals surface area contributed by atoms with Crippen LogP contribution in [0.1, 0.15) is 65.1 Å². The van der Waals surface area contributed by atoms with Gasteiger partial charge in [-0.05, 0) is 52.7 Å². The quantitative estimate of drug-likeness (QED) is 0.358. The summed E-state index contributed by atoms with van der Waals surface area (Å²) in [5.74, 6) is -2.14. The van der Waals surface area contributed by atoms with Gasteiger partial charge in [-0.25, -0.2) is 4.79 Å². The maximum absolute atomic E-state index is 14.5. The molecule has 0 spiro atoms. The van der Waals surface area contributed by atoms with E-state index < -0.39 is 53.6 Å². The first kappa shape index (κ1) is 32.1. The molecule has 2 rings (SSSR count). The number of para-hydroxylation sites is 1. The number of esters is 1. The van der Waals surface area contributed by atoms with Gasteiger partial charge in [-0.15, -0.1) is 0 Å². The average Bonchev–Trinajstić information content (AvgIpc) is 2.89. The van der Waals surface area contributed by atoms with Crippen molar-refractivity contribution in [3.05, 3.63) is 65.7 Å². The molecule has 2 aromatic rings. The number of phenolic OH excluding ortho intramolecular Hbond substituents is 1. The highest BCUT2D eigenvalue weighted by Crippen LogP contribution is 2.36. The fraction of sp³-hybridized carbons (Fsp3) is 0.467. The van der Waals surface area contributed by atoms with E-state index in [1.54, 1.807) is 46.8 Å². The number of amides is 3. The molecule has 3 amide bonds. The van der Waals surface area contributed by atoms with Gasteiger partial charge in [0.25, 0.3) is 0 Å². The molecule has 0 saturated carbocycles. The van der Waals surface area contributed by atoms with Gasteiger partial charge in [-0.1, -0.05) is 55.5 Å². The van der Waals surface area contributed by atoms with Crippen LogP contribution in [0, 0.1) is 0 Å². The Morgan fingerprint density at radius 1 is 0.950 bits per heavy atom. The third-order valence-electron chi connectivity index (χ3n) is 6.40. The normalized spacial score (nSPS) is 13.0. The maximum Gasteiger partial charge on any atom is 0.408 e. The molecule has 0 bridgehead atoms. The number of carbonyl (C=O) groups excluding carboxylic acids is 4. The largest absolute Gasteiger partial charge is 0.508 e. The van der Waals surface area contributed by atoms with Gasteiger partial charge in [0.1, 0.15) is 30.0 Å². The number of methoxy groups -OCH3 is 1. The van der Waals surface area contributed by atoms with Crippen LogP contribution in [0.15, 0.2) is 54.6 Å². The Morgan fingerprint density at radius 3 is 2.10 bits per heavy atom. The van der Waals surface area contributed by atoms with Crippen molar-refractivity contribution in [2.75, 3.05) is 13.7 Å². The molecule has 10 nitrogen and oxygen atoms in total. The second-order valence-corrected chi connectivity index (χ2v) is 11.0. The first-order valence-corrected chi connectivity index (χ1v) is 13.2. The van der Waals surface area contributed by atoms with Crippen molar-refractivity contribution in [1.82, 2.24) is 15.5 Å². The maximum atomic E-state index is 14.5. The Balaban J connectivity index is 2.65. The number of rotatable bonds is 11. The Kier molecular flexibility index (Phi) is 11.1. The summed E-state index contributed by atoms with van der Waals surface area (Å²) in [4.78, 5) is 54.2. The second kappa shape index (κ2) is 13.8. The number of hydrogen-bond donors (Lipinski definition) is 3. The van der Waals surface area contributed by atoms with Crippen LogP contribution in [-0.4, -0.2) is 64.7 Å². The number of phenols is 1. The van der Waals surface area contributed by atoms with Gasteiger partial charge in [0.05, 0.1) is 7.11 Å². The number of hydrogen-bond acceptors (Lipinski definition) is 7. The van der Waals surface area contributed by atoms with Gasteiger partial charge in [-0.3, -0.25) is 14.4 Å². The minimum absolute atomic E-state index is 0.118. The molecule has 0 aromatic heterocycles. The molecule has 3 N–H and O–H groups in total. The summed E-state index contributed by atoms with van der Waals surface area (Å²) in [5.41, 5.74) is -0.799. The smallest absolute Gasteiger partial charge is 0.408 e. The summed E-state index contributed by atoms with van der Waals surface area (Å²) in [7, 11) is 1.20. The van der Waals surface area contributed by atoms with Gasteiger partial charge in [0.2, 0.25) is 11.8 Å². The number of nitrogens with zero attached hydrogens (tertiary/aromatic N) is 1. The average molecular weight is 556 g/mol. The zero-order valence-electron chi connectivity index (χ0n) is 24.3. The number of carbonyl (C=O) groups is 4. The van der Waals surface area contributed by atoms with Crippen molar-refractivity contribution in [3.63, 3.8) is 0 Å². The molecule has 0 fully saturated rings. The van der Waals surface area contributed by atoms with E-state index in [2.05, 4.69) is 15.4 Å². The summed E-state index contributed by atoms with van der Waals surface area (Å²) in [6.45, 7) is 10.2. The SMILES string of the molecule is CCC(C)(C)N(C(=O)C(Cc1ccccc1)NC(=O)OC(C)(C)C)C(C(=O)NCC(=O)OC)c1ccccc1O. The molecule has 0 aliphatic carbocycles. The molecule has 0 saturated heterocycles. The van der Waals surface area contributed by atoms with E-state index in [9.17, 15) is 24.3 Å². The van der Waals surface area contributed by atoms with E-state index in [0.717, 1.165) is 5.56 Å². The third kappa shape index (κ3) is 9.00. The Bertz CT molecular complexity index is 1180. The minimum atomic E-state index is -1.34. The van der Waals surface area contributed by atoms with E-state index in [-0.39, 0.29) is 17.7 Å². The van der Waals surface area contributed by atoms with E-state index >= 15 is 0 Å². The van der Waals surface area contributed by atoms with Crippen molar-refractivity contribution < 1.29 is 33.8 Å². The van der Waals surface area contributed by atoms with Gasteiger partial charge >= 0.3 is 12.1 Å². The van der Waals surface area contributed by atoms with Crippen LogP contribution < -0.4 is 10.6 Å². The zero-order valence-corrected chi connectivity index (χ0v) is 24.3. The predicted octanol–water partition coefficient (Wildman–Crippen LogP) is 3.88. The summed E-state index contributed by atoms with van der Waals surface area (Å²) in [6, 6.07) is 12.9. The molecule has 0 aliphatic heterocycles. The van der Waals surface area contributed by atoms with Crippen LogP contribution >= 0.6 is 0 Å². The Hall–Kier alpha value is -4.08. The molecular weight excluding hydrogens is 514 g/mol. The van der Waals surface area contributed by atoms with Crippen LogP contribution in [0.2, 0.25) is 0 Å². The number of ether oxygens (including phenoxy) is 2. The summed E-state index contributed by atoms with van der Waals surface area (Å²) >= 11 is 0. The number of aromatic hydroxyl groups is 1. The van der Waals surface area contributed by atoms with E-state index in [4.69, 9.17) is 4.74 Å². The molecular formula is C30H41N3O7. The summed E-state index contributed by atoms with van der Waals surface area (Å²) < 4.78 is 10.1. The van der Waals surface area contributed by atoms with Crippen LogP contribution in [0.5, 0.6) is 5.75 Å². The van der Waals surface area contributed by atoms with Crippen molar-refractivity contribution >= 4 is 23.9 Å². The van der Waals surface area contributed by atoms with Crippen molar-refractivity contribution in [1.29, 1.82) is 0 Å². The van der Waals surface area contributed by atoms with Crippen LogP contribution in [0.4, 0.5) is 4.79 Å². The molecule has 0 heterocycles. The molecule has 40 heavy (non-hydrogen) atoms. The first-order chi connectivity index (χ1) is 18.7. The Morgan fingerprint density at radius 2 is 1.55 bits per heavy atom. The van der Waals surface area contributed by atoms with Gasteiger partial charge in [0.15, 0.2) is 0 Å². The lowest BCUT2D eigenvalue weighted by molar-refractivity contribution is -0.150. The van der Waals surface area contributed by atoms with Crippen LogP contribution in [0.25, 0.3) is 0 Å². The van der Waals surface area contributed by atoms with Gasteiger partial charge < -0.3 is 30.1 Å².